The van der Waals surface area contributed by atoms with Crippen LogP contribution in [0.4, 0.5) is 0 Å². The van der Waals surface area contributed by atoms with Gasteiger partial charge in [-0.05, 0) is 24.1 Å². The third-order valence-electron chi connectivity index (χ3n) is 3.75. The Morgan fingerprint density at radius 1 is 0.962 bits per heavy atom. The number of aliphatic carboxylic acids is 2. The highest BCUT2D eigenvalue weighted by Crippen LogP contribution is 2.18. The Morgan fingerprint density at radius 2 is 1.69 bits per heavy atom. The molecule has 0 unspecified atom stereocenters. The molecule has 0 bridgehead atoms. The number of carbonyl (C=O) groups is 3. The summed E-state index contributed by atoms with van der Waals surface area (Å²) >= 11 is 0. The van der Waals surface area contributed by atoms with Gasteiger partial charge in [0.1, 0.15) is 0 Å². The third kappa shape index (κ3) is 6.35. The van der Waals surface area contributed by atoms with E-state index in [4.69, 9.17) is 10.2 Å². The van der Waals surface area contributed by atoms with Gasteiger partial charge < -0.3 is 15.5 Å². The van der Waals surface area contributed by atoms with Crippen LogP contribution in [-0.4, -0.2) is 39.1 Å². The number of amides is 1. The summed E-state index contributed by atoms with van der Waals surface area (Å²) < 4.78 is 0. The zero-order chi connectivity index (χ0) is 18.9. The SMILES string of the molecule is O=C(O)CCC(=O)N[C@@H](CC(=O)O)Cc1ccc(-c2ccccn2)cc1. The number of pyridine rings is 1. The normalized spacial score (nSPS) is 11.5. The Bertz CT molecular complexity index is 759. The molecule has 1 amide bonds. The second kappa shape index (κ2) is 9.31. The molecule has 0 fully saturated rings. The van der Waals surface area contributed by atoms with Crippen molar-refractivity contribution in [2.75, 3.05) is 0 Å². The minimum atomic E-state index is -1.07. The number of hydrogen-bond acceptors (Lipinski definition) is 4. The van der Waals surface area contributed by atoms with Gasteiger partial charge in [-0.3, -0.25) is 19.4 Å². The number of benzene rings is 1. The molecule has 26 heavy (non-hydrogen) atoms. The zero-order valence-electron chi connectivity index (χ0n) is 14.1. The van der Waals surface area contributed by atoms with Crippen molar-refractivity contribution in [2.45, 2.75) is 31.7 Å². The summed E-state index contributed by atoms with van der Waals surface area (Å²) in [7, 11) is 0. The second-order valence-electron chi connectivity index (χ2n) is 5.87. The lowest BCUT2D eigenvalue weighted by Crippen LogP contribution is -2.38. The molecule has 0 saturated carbocycles. The van der Waals surface area contributed by atoms with Gasteiger partial charge in [-0.25, -0.2) is 0 Å². The maximum absolute atomic E-state index is 11.8. The van der Waals surface area contributed by atoms with E-state index in [1.807, 2.05) is 42.5 Å². The summed E-state index contributed by atoms with van der Waals surface area (Å²) in [4.78, 5) is 37.6. The van der Waals surface area contributed by atoms with E-state index < -0.39 is 23.9 Å². The van der Waals surface area contributed by atoms with Gasteiger partial charge in [0.15, 0.2) is 0 Å². The molecule has 7 heteroatoms. The van der Waals surface area contributed by atoms with E-state index in [0.29, 0.717) is 6.42 Å². The Labute approximate surface area is 150 Å². The van der Waals surface area contributed by atoms with Crippen LogP contribution in [0.5, 0.6) is 0 Å². The van der Waals surface area contributed by atoms with Gasteiger partial charge >= 0.3 is 11.9 Å². The fourth-order valence-electron chi connectivity index (χ4n) is 2.53. The van der Waals surface area contributed by atoms with Crippen LogP contribution >= 0.6 is 0 Å². The van der Waals surface area contributed by atoms with Crippen LogP contribution in [0.15, 0.2) is 48.7 Å². The molecule has 0 radical (unpaired) electrons. The molecule has 0 saturated heterocycles. The molecular weight excluding hydrogens is 336 g/mol. The maximum atomic E-state index is 11.8. The largest absolute Gasteiger partial charge is 0.481 e. The number of carbonyl (C=O) groups excluding carboxylic acids is 1. The Hall–Kier alpha value is -3.22. The van der Waals surface area contributed by atoms with E-state index in [-0.39, 0.29) is 19.3 Å². The molecule has 0 spiro atoms. The van der Waals surface area contributed by atoms with Crippen LogP contribution in [-0.2, 0) is 20.8 Å². The highest BCUT2D eigenvalue weighted by atomic mass is 16.4. The zero-order valence-corrected chi connectivity index (χ0v) is 14.1. The lowest BCUT2D eigenvalue weighted by atomic mass is 10.0. The molecule has 136 valence electrons. The van der Waals surface area contributed by atoms with Gasteiger partial charge in [0.25, 0.3) is 0 Å². The predicted octanol–water partition coefficient (Wildman–Crippen LogP) is 2.12. The molecule has 3 N–H and O–H groups in total. The number of nitrogens with one attached hydrogen (secondary N) is 1. The van der Waals surface area contributed by atoms with Crippen molar-refractivity contribution in [1.29, 1.82) is 0 Å². The number of carboxylic acid groups (broad SMARTS) is 2. The number of aromatic nitrogens is 1. The molecule has 1 atom stereocenters. The Morgan fingerprint density at radius 3 is 2.27 bits per heavy atom. The monoisotopic (exact) mass is 356 g/mol. The quantitative estimate of drug-likeness (QED) is 0.634. The Kier molecular flexibility index (Phi) is 6.84. The standard InChI is InChI=1S/C19H20N2O5/c22-17(8-9-18(23)24)21-15(12-19(25)26)11-13-4-6-14(7-5-13)16-3-1-2-10-20-16/h1-7,10,15H,8-9,11-12H2,(H,21,22)(H,23,24)(H,25,26)/t15-/m1/s1. The Balaban J connectivity index is 2.01. The topological polar surface area (TPSA) is 117 Å². The van der Waals surface area contributed by atoms with Crippen molar-refractivity contribution in [3.63, 3.8) is 0 Å². The molecule has 2 aromatic rings. The highest BCUT2D eigenvalue weighted by molar-refractivity contribution is 5.81. The summed E-state index contributed by atoms with van der Waals surface area (Å²) in [5, 5.41) is 20.3. The van der Waals surface area contributed by atoms with E-state index in [0.717, 1.165) is 16.8 Å². The number of hydrogen-bond donors (Lipinski definition) is 3. The molecule has 0 aliphatic heterocycles. The first-order chi connectivity index (χ1) is 12.4. The predicted molar refractivity (Wildman–Crippen MR) is 94.4 cm³/mol. The summed E-state index contributed by atoms with van der Waals surface area (Å²) in [6.07, 6.45) is 1.35. The second-order valence-corrected chi connectivity index (χ2v) is 5.87. The van der Waals surface area contributed by atoms with Crippen molar-refractivity contribution in [3.05, 3.63) is 54.2 Å². The molecule has 1 aromatic heterocycles. The van der Waals surface area contributed by atoms with Crippen LogP contribution < -0.4 is 5.32 Å². The van der Waals surface area contributed by atoms with Crippen molar-refractivity contribution < 1.29 is 24.6 Å². The third-order valence-corrected chi connectivity index (χ3v) is 3.75. The number of carboxylic acids is 2. The smallest absolute Gasteiger partial charge is 0.305 e. The van der Waals surface area contributed by atoms with Crippen LogP contribution in [0.1, 0.15) is 24.8 Å². The van der Waals surface area contributed by atoms with Gasteiger partial charge in [0.05, 0.1) is 18.5 Å². The van der Waals surface area contributed by atoms with Crippen LogP contribution in [0.3, 0.4) is 0 Å². The van der Waals surface area contributed by atoms with Crippen molar-refractivity contribution in [1.82, 2.24) is 10.3 Å². The highest BCUT2D eigenvalue weighted by Gasteiger charge is 2.17. The fourth-order valence-corrected chi connectivity index (χ4v) is 2.53. The van der Waals surface area contributed by atoms with Crippen molar-refractivity contribution in [2.24, 2.45) is 0 Å². The van der Waals surface area contributed by atoms with E-state index in [2.05, 4.69) is 10.3 Å². The average molecular weight is 356 g/mol. The van der Waals surface area contributed by atoms with Gasteiger partial charge in [-0.1, -0.05) is 30.3 Å². The van der Waals surface area contributed by atoms with Gasteiger partial charge in [0.2, 0.25) is 5.91 Å². The van der Waals surface area contributed by atoms with Crippen LogP contribution in [0.25, 0.3) is 11.3 Å². The van der Waals surface area contributed by atoms with E-state index in [9.17, 15) is 14.4 Å². The van der Waals surface area contributed by atoms with Crippen LogP contribution in [0.2, 0.25) is 0 Å². The first kappa shape index (κ1) is 19.1. The van der Waals surface area contributed by atoms with Gasteiger partial charge in [-0.15, -0.1) is 0 Å². The van der Waals surface area contributed by atoms with E-state index in [1.165, 1.54) is 0 Å². The lowest BCUT2D eigenvalue weighted by Gasteiger charge is -2.17. The van der Waals surface area contributed by atoms with Crippen molar-refractivity contribution in [3.8, 4) is 11.3 Å². The van der Waals surface area contributed by atoms with Crippen molar-refractivity contribution >= 4 is 17.8 Å². The molecule has 1 aromatic carbocycles. The van der Waals surface area contributed by atoms with E-state index in [1.54, 1.807) is 6.20 Å². The molecule has 0 aliphatic rings. The van der Waals surface area contributed by atoms with E-state index >= 15 is 0 Å². The molecule has 1 heterocycles. The minimum Gasteiger partial charge on any atom is -0.481 e. The first-order valence-electron chi connectivity index (χ1n) is 8.17. The number of rotatable bonds is 9. The molecular formula is C19H20N2O5. The van der Waals surface area contributed by atoms with Crippen LogP contribution in [0, 0.1) is 0 Å². The fraction of sp³-hybridized carbons (Fsp3) is 0.263. The summed E-state index contributed by atoms with van der Waals surface area (Å²) in [5.74, 6) is -2.57. The first-order valence-corrected chi connectivity index (χ1v) is 8.17. The maximum Gasteiger partial charge on any atom is 0.305 e. The number of nitrogens with zero attached hydrogens (tertiary/aromatic N) is 1. The van der Waals surface area contributed by atoms with Gasteiger partial charge in [0, 0.05) is 24.2 Å². The average Bonchev–Trinajstić information content (AvgIpc) is 2.61. The minimum absolute atomic E-state index is 0.177. The lowest BCUT2D eigenvalue weighted by molar-refractivity contribution is -0.140. The molecule has 7 nitrogen and oxygen atoms in total. The molecule has 0 aliphatic carbocycles. The summed E-state index contributed by atoms with van der Waals surface area (Å²) in [6, 6.07) is 12.5. The van der Waals surface area contributed by atoms with Gasteiger partial charge in [-0.2, -0.15) is 0 Å². The summed E-state index contributed by atoms with van der Waals surface area (Å²) in [5.41, 5.74) is 2.65. The summed E-state index contributed by atoms with van der Waals surface area (Å²) in [6.45, 7) is 0. The molecule has 2 rings (SSSR count).